The lowest BCUT2D eigenvalue weighted by molar-refractivity contribution is -0.136. The average Bonchev–Trinajstić information content (AvgIpc) is 2.92. The number of halogens is 2. The molecule has 1 heterocycles. The summed E-state index contributed by atoms with van der Waals surface area (Å²) >= 11 is 0. The van der Waals surface area contributed by atoms with Crippen LogP contribution in [0.2, 0.25) is 0 Å². The Hall–Kier alpha value is -2.76. The summed E-state index contributed by atoms with van der Waals surface area (Å²) in [7, 11) is 0. The lowest BCUT2D eigenvalue weighted by Gasteiger charge is -2.31. The Morgan fingerprint density at radius 3 is 2.35 bits per heavy atom. The number of nitrogens with one attached hydrogen (secondary N) is 1. The molecule has 1 aliphatic heterocycles. The number of anilines is 2. The van der Waals surface area contributed by atoms with E-state index in [1.165, 1.54) is 19.9 Å². The number of hydrogen-bond donors (Lipinski definition) is 1. The van der Waals surface area contributed by atoms with E-state index in [4.69, 9.17) is 0 Å². The molecule has 26 heavy (non-hydrogen) atoms. The summed E-state index contributed by atoms with van der Waals surface area (Å²) in [6.07, 6.45) is 0.696. The molecule has 0 saturated carbocycles. The molecule has 1 unspecified atom stereocenters. The summed E-state index contributed by atoms with van der Waals surface area (Å²) < 4.78 is 27.6. The number of carbonyl (C=O) groups is 2. The van der Waals surface area contributed by atoms with Crippen molar-refractivity contribution in [1.29, 1.82) is 0 Å². The predicted octanol–water partition coefficient (Wildman–Crippen LogP) is 3.91. The highest BCUT2D eigenvalue weighted by molar-refractivity contribution is 6.15. The van der Waals surface area contributed by atoms with Gasteiger partial charge in [0.2, 0.25) is 11.8 Å². The minimum atomic E-state index is -1.50. The third kappa shape index (κ3) is 2.96. The largest absolute Gasteiger partial charge is 0.320 e. The number of fused-ring (bicyclic) bond motifs is 1. The van der Waals surface area contributed by atoms with Crippen LogP contribution in [0.1, 0.15) is 26.3 Å². The van der Waals surface area contributed by atoms with E-state index in [2.05, 4.69) is 5.32 Å². The van der Waals surface area contributed by atoms with Gasteiger partial charge in [0, 0.05) is 11.7 Å². The van der Waals surface area contributed by atoms with Gasteiger partial charge in [-0.2, -0.15) is 0 Å². The van der Waals surface area contributed by atoms with E-state index < -0.39 is 34.6 Å². The van der Waals surface area contributed by atoms with Crippen molar-refractivity contribution < 1.29 is 18.4 Å². The van der Waals surface area contributed by atoms with Gasteiger partial charge in [-0.05, 0) is 51.0 Å². The van der Waals surface area contributed by atoms with Crippen molar-refractivity contribution in [2.45, 2.75) is 33.2 Å². The Kier molecular flexibility index (Phi) is 4.52. The molecule has 1 aliphatic rings. The molecule has 6 heteroatoms. The van der Waals surface area contributed by atoms with Crippen LogP contribution in [-0.4, -0.2) is 17.9 Å². The molecule has 2 aromatic carbocycles. The molecule has 2 amide bonds. The van der Waals surface area contributed by atoms with Crippen molar-refractivity contribution in [3.05, 3.63) is 59.7 Å². The van der Waals surface area contributed by atoms with Gasteiger partial charge in [-0.25, -0.2) is 8.78 Å². The van der Waals surface area contributed by atoms with E-state index in [0.29, 0.717) is 6.42 Å². The zero-order chi connectivity index (χ0) is 19.1. The molecule has 0 fully saturated rings. The second-order valence-electron chi connectivity index (χ2n) is 7.03. The first kappa shape index (κ1) is 18.0. The van der Waals surface area contributed by atoms with Crippen LogP contribution in [0.4, 0.5) is 20.2 Å². The number of amides is 2. The third-order valence-electron chi connectivity index (χ3n) is 4.73. The molecule has 0 aliphatic carbocycles. The molecule has 2 aromatic rings. The van der Waals surface area contributed by atoms with Crippen molar-refractivity contribution in [2.24, 2.45) is 5.41 Å². The highest BCUT2D eigenvalue weighted by Crippen LogP contribution is 2.36. The fourth-order valence-corrected chi connectivity index (χ4v) is 3.16. The van der Waals surface area contributed by atoms with Crippen LogP contribution in [0.25, 0.3) is 0 Å². The summed E-state index contributed by atoms with van der Waals surface area (Å²) in [6, 6.07) is 10.7. The zero-order valence-corrected chi connectivity index (χ0v) is 14.8. The van der Waals surface area contributed by atoms with Gasteiger partial charge in [0.15, 0.2) is 0 Å². The van der Waals surface area contributed by atoms with Gasteiger partial charge in [0.25, 0.3) is 0 Å². The molecule has 3 rings (SSSR count). The minimum absolute atomic E-state index is 0.0998. The van der Waals surface area contributed by atoms with Crippen LogP contribution in [-0.2, 0) is 16.0 Å². The van der Waals surface area contributed by atoms with Crippen molar-refractivity contribution in [3.63, 3.8) is 0 Å². The molecule has 0 spiro atoms. The molecular weight excluding hydrogens is 338 g/mol. The monoisotopic (exact) mass is 358 g/mol. The topological polar surface area (TPSA) is 49.4 Å². The summed E-state index contributed by atoms with van der Waals surface area (Å²) in [5, 5.41) is 2.23. The highest BCUT2D eigenvalue weighted by atomic mass is 19.1. The number of benzene rings is 2. The SMILES string of the molecule is CC1Cc2ccccc2N1C(=O)C(C)(C)C(=O)Nc1c(F)cccc1F. The summed E-state index contributed by atoms with van der Waals surface area (Å²) in [6.45, 7) is 4.82. The second kappa shape index (κ2) is 6.52. The number of hydrogen-bond acceptors (Lipinski definition) is 2. The number of rotatable bonds is 3. The van der Waals surface area contributed by atoms with E-state index in [-0.39, 0.29) is 6.04 Å². The van der Waals surface area contributed by atoms with Crippen LogP contribution >= 0.6 is 0 Å². The van der Waals surface area contributed by atoms with Crippen LogP contribution in [0.3, 0.4) is 0 Å². The van der Waals surface area contributed by atoms with E-state index >= 15 is 0 Å². The van der Waals surface area contributed by atoms with Crippen LogP contribution in [0.5, 0.6) is 0 Å². The Morgan fingerprint density at radius 2 is 1.69 bits per heavy atom. The maximum atomic E-state index is 13.8. The molecule has 1 N–H and O–H groups in total. The summed E-state index contributed by atoms with van der Waals surface area (Å²) in [5.41, 5.74) is -0.249. The maximum Gasteiger partial charge on any atom is 0.242 e. The van der Waals surface area contributed by atoms with Gasteiger partial charge in [0.05, 0.1) is 0 Å². The normalized spacial score (nSPS) is 16.3. The van der Waals surface area contributed by atoms with Crippen LogP contribution < -0.4 is 10.2 Å². The third-order valence-corrected chi connectivity index (χ3v) is 4.73. The minimum Gasteiger partial charge on any atom is -0.320 e. The zero-order valence-electron chi connectivity index (χ0n) is 14.8. The first-order valence-corrected chi connectivity index (χ1v) is 8.40. The van der Waals surface area contributed by atoms with E-state index in [1.807, 2.05) is 31.2 Å². The van der Waals surface area contributed by atoms with Gasteiger partial charge < -0.3 is 10.2 Å². The fourth-order valence-electron chi connectivity index (χ4n) is 3.16. The van der Waals surface area contributed by atoms with Crippen molar-refractivity contribution in [3.8, 4) is 0 Å². The van der Waals surface area contributed by atoms with Crippen LogP contribution in [0.15, 0.2) is 42.5 Å². The Bertz CT molecular complexity index is 860. The number of para-hydroxylation sites is 2. The van der Waals surface area contributed by atoms with E-state index in [1.54, 1.807) is 4.90 Å². The number of carbonyl (C=O) groups excluding carboxylic acids is 2. The molecule has 0 aromatic heterocycles. The molecule has 0 radical (unpaired) electrons. The maximum absolute atomic E-state index is 13.8. The van der Waals surface area contributed by atoms with Crippen molar-refractivity contribution in [1.82, 2.24) is 0 Å². The Balaban J connectivity index is 1.88. The van der Waals surface area contributed by atoms with Gasteiger partial charge in [-0.3, -0.25) is 9.59 Å². The Labute approximate surface area is 150 Å². The van der Waals surface area contributed by atoms with Gasteiger partial charge in [-0.1, -0.05) is 24.3 Å². The molecule has 4 nitrogen and oxygen atoms in total. The van der Waals surface area contributed by atoms with Gasteiger partial charge >= 0.3 is 0 Å². The van der Waals surface area contributed by atoms with Crippen molar-refractivity contribution in [2.75, 3.05) is 10.2 Å². The lowest BCUT2D eigenvalue weighted by atomic mass is 9.89. The first-order chi connectivity index (χ1) is 12.2. The van der Waals surface area contributed by atoms with Crippen molar-refractivity contribution >= 4 is 23.2 Å². The standard InChI is InChI=1S/C20H20F2N2O2/c1-12-11-13-7-4-5-10-16(13)24(12)19(26)20(2,3)18(25)23-17-14(21)8-6-9-15(17)22/h4-10,12H,11H2,1-3H3,(H,23,25). The molecule has 0 saturated heterocycles. The van der Waals surface area contributed by atoms with Gasteiger partial charge in [0.1, 0.15) is 22.7 Å². The van der Waals surface area contributed by atoms with Gasteiger partial charge in [-0.15, -0.1) is 0 Å². The van der Waals surface area contributed by atoms with E-state index in [0.717, 1.165) is 23.4 Å². The molecule has 1 atom stereocenters. The van der Waals surface area contributed by atoms with E-state index in [9.17, 15) is 18.4 Å². The molecule has 136 valence electrons. The predicted molar refractivity (Wildman–Crippen MR) is 95.9 cm³/mol. The average molecular weight is 358 g/mol. The summed E-state index contributed by atoms with van der Waals surface area (Å²) in [5.74, 6) is -2.95. The molecular formula is C20H20F2N2O2. The lowest BCUT2D eigenvalue weighted by Crippen LogP contribution is -2.49. The quantitative estimate of drug-likeness (QED) is 0.846. The van der Waals surface area contributed by atoms with Crippen LogP contribution in [0, 0.1) is 17.0 Å². The fraction of sp³-hybridized carbons (Fsp3) is 0.300. The Morgan fingerprint density at radius 1 is 1.08 bits per heavy atom. The number of nitrogens with zero attached hydrogens (tertiary/aromatic N) is 1. The second-order valence-corrected chi connectivity index (χ2v) is 7.03. The molecule has 0 bridgehead atoms. The summed E-state index contributed by atoms with van der Waals surface area (Å²) in [4.78, 5) is 27.4. The first-order valence-electron chi connectivity index (χ1n) is 8.40. The smallest absolute Gasteiger partial charge is 0.242 e. The highest BCUT2D eigenvalue weighted by Gasteiger charge is 2.44.